The zero-order valence-corrected chi connectivity index (χ0v) is 17.1. The van der Waals surface area contributed by atoms with Crippen LogP contribution in [0.1, 0.15) is 37.0 Å². The van der Waals surface area contributed by atoms with Crippen molar-refractivity contribution < 1.29 is 9.26 Å². The number of aromatic nitrogens is 4. The van der Waals surface area contributed by atoms with Gasteiger partial charge in [-0.05, 0) is 24.1 Å². The molecule has 0 aliphatic heterocycles. The molecule has 0 radical (unpaired) electrons. The number of unbranched alkanes of at least 4 members (excludes halogenated alkanes) is 1. The molecule has 0 aliphatic carbocycles. The van der Waals surface area contributed by atoms with E-state index in [2.05, 4.69) is 39.4 Å². The van der Waals surface area contributed by atoms with Crippen molar-refractivity contribution in [2.45, 2.75) is 46.4 Å². The van der Waals surface area contributed by atoms with Crippen LogP contribution >= 0.6 is 34.9 Å². The number of methoxy groups -OCH3 is 1. The SMILES string of the molecule is CCCCc1noc(CSc2nnc(SCc3ccc(OC)cc3)s2)n1. The second-order valence-electron chi connectivity index (χ2n) is 5.47. The van der Waals surface area contributed by atoms with Gasteiger partial charge in [0.15, 0.2) is 14.5 Å². The highest BCUT2D eigenvalue weighted by atomic mass is 32.2. The fourth-order valence-electron chi connectivity index (χ4n) is 2.09. The van der Waals surface area contributed by atoms with E-state index in [9.17, 15) is 0 Å². The second-order valence-corrected chi connectivity index (χ2v) is 8.89. The minimum Gasteiger partial charge on any atom is -0.497 e. The van der Waals surface area contributed by atoms with Gasteiger partial charge in [-0.2, -0.15) is 4.98 Å². The number of rotatable bonds is 10. The first-order valence-electron chi connectivity index (χ1n) is 8.30. The van der Waals surface area contributed by atoms with Crippen LogP contribution in [0.15, 0.2) is 37.5 Å². The summed E-state index contributed by atoms with van der Waals surface area (Å²) in [5.41, 5.74) is 1.23. The molecule has 3 rings (SSSR count). The van der Waals surface area contributed by atoms with Crippen molar-refractivity contribution in [1.82, 2.24) is 20.3 Å². The van der Waals surface area contributed by atoms with E-state index in [0.717, 1.165) is 45.3 Å². The smallest absolute Gasteiger partial charge is 0.237 e. The van der Waals surface area contributed by atoms with Gasteiger partial charge in [0, 0.05) is 12.2 Å². The summed E-state index contributed by atoms with van der Waals surface area (Å²) < 4.78 is 12.3. The van der Waals surface area contributed by atoms with Crippen molar-refractivity contribution in [2.24, 2.45) is 0 Å². The lowest BCUT2D eigenvalue weighted by Gasteiger charge is -2.01. The highest BCUT2D eigenvalue weighted by Gasteiger charge is 2.10. The summed E-state index contributed by atoms with van der Waals surface area (Å²) in [7, 11) is 1.67. The second kappa shape index (κ2) is 9.94. The average Bonchev–Trinajstić information content (AvgIpc) is 3.32. The van der Waals surface area contributed by atoms with E-state index in [0.29, 0.717) is 11.6 Å². The zero-order chi connectivity index (χ0) is 18.2. The summed E-state index contributed by atoms with van der Waals surface area (Å²) in [6, 6.07) is 8.06. The number of hydrogen-bond acceptors (Lipinski definition) is 9. The Hall–Kier alpha value is -1.58. The topological polar surface area (TPSA) is 73.9 Å². The molecule has 0 aliphatic rings. The van der Waals surface area contributed by atoms with Crippen LogP contribution in [0, 0.1) is 0 Å². The summed E-state index contributed by atoms with van der Waals surface area (Å²) in [6.45, 7) is 2.15. The third-order valence-corrected chi connectivity index (χ3v) is 6.74. The monoisotopic (exact) mass is 408 g/mol. The number of aryl methyl sites for hydroxylation is 1. The Morgan fingerprint density at radius 1 is 1.08 bits per heavy atom. The molecule has 0 saturated heterocycles. The number of ether oxygens (including phenoxy) is 1. The Labute approximate surface area is 165 Å². The summed E-state index contributed by atoms with van der Waals surface area (Å²) in [4.78, 5) is 4.40. The van der Waals surface area contributed by atoms with Crippen LogP contribution in [-0.2, 0) is 17.9 Å². The molecule has 6 nitrogen and oxygen atoms in total. The lowest BCUT2D eigenvalue weighted by atomic mass is 10.2. The molecular weight excluding hydrogens is 388 g/mol. The van der Waals surface area contributed by atoms with Crippen molar-refractivity contribution in [3.05, 3.63) is 41.5 Å². The van der Waals surface area contributed by atoms with Crippen LogP contribution in [0.5, 0.6) is 5.75 Å². The molecule has 1 aromatic carbocycles. The van der Waals surface area contributed by atoms with Gasteiger partial charge in [-0.1, -0.05) is 65.5 Å². The highest BCUT2D eigenvalue weighted by molar-refractivity contribution is 8.02. The molecule has 0 N–H and O–H groups in total. The van der Waals surface area contributed by atoms with Gasteiger partial charge in [0.25, 0.3) is 0 Å². The Bertz CT molecular complexity index is 804. The fraction of sp³-hybridized carbons (Fsp3) is 0.412. The molecule has 2 heterocycles. The third kappa shape index (κ3) is 5.72. The maximum atomic E-state index is 5.27. The minimum absolute atomic E-state index is 0.622. The van der Waals surface area contributed by atoms with E-state index in [1.54, 1.807) is 42.0 Å². The first-order valence-corrected chi connectivity index (χ1v) is 11.1. The molecule has 9 heteroatoms. The van der Waals surface area contributed by atoms with E-state index in [4.69, 9.17) is 9.26 Å². The van der Waals surface area contributed by atoms with Gasteiger partial charge in [0.2, 0.25) is 5.89 Å². The molecule has 0 amide bonds. The fourth-order valence-corrected chi connectivity index (χ4v) is 4.90. The van der Waals surface area contributed by atoms with Gasteiger partial charge in [-0.3, -0.25) is 0 Å². The number of nitrogens with zero attached hydrogens (tertiary/aromatic N) is 4. The van der Waals surface area contributed by atoms with Crippen LogP contribution in [0.3, 0.4) is 0 Å². The normalized spacial score (nSPS) is 11.0. The Morgan fingerprint density at radius 3 is 2.50 bits per heavy atom. The van der Waals surface area contributed by atoms with Crippen LogP contribution in [-0.4, -0.2) is 27.4 Å². The maximum Gasteiger partial charge on any atom is 0.237 e. The van der Waals surface area contributed by atoms with Crippen LogP contribution in [0.2, 0.25) is 0 Å². The number of hydrogen-bond donors (Lipinski definition) is 0. The van der Waals surface area contributed by atoms with Crippen molar-refractivity contribution in [2.75, 3.05) is 7.11 Å². The molecule has 0 spiro atoms. The van der Waals surface area contributed by atoms with Gasteiger partial charge in [0.05, 0.1) is 12.9 Å². The standard InChI is InChI=1S/C17H20N4O2S3/c1-3-4-5-14-18-15(23-21-14)11-25-17-20-19-16(26-17)24-10-12-6-8-13(22-2)9-7-12/h6-9H,3-5,10-11H2,1-2H3. The van der Waals surface area contributed by atoms with Gasteiger partial charge in [-0.25, -0.2) is 0 Å². The summed E-state index contributed by atoms with van der Waals surface area (Å²) >= 11 is 4.85. The largest absolute Gasteiger partial charge is 0.497 e. The van der Waals surface area contributed by atoms with Crippen LogP contribution in [0.25, 0.3) is 0 Å². The van der Waals surface area contributed by atoms with E-state index in [-0.39, 0.29) is 0 Å². The van der Waals surface area contributed by atoms with Crippen molar-refractivity contribution in [1.29, 1.82) is 0 Å². The van der Waals surface area contributed by atoms with Gasteiger partial charge < -0.3 is 9.26 Å². The summed E-state index contributed by atoms with van der Waals surface area (Å²) in [5.74, 6) is 3.77. The lowest BCUT2D eigenvalue weighted by molar-refractivity contribution is 0.384. The summed E-state index contributed by atoms with van der Waals surface area (Å²) in [6.07, 6.45) is 3.08. The highest BCUT2D eigenvalue weighted by Crippen LogP contribution is 2.32. The Balaban J connectivity index is 1.46. The minimum atomic E-state index is 0.622. The van der Waals surface area contributed by atoms with E-state index in [1.807, 2.05) is 12.1 Å². The number of benzene rings is 1. The lowest BCUT2D eigenvalue weighted by Crippen LogP contribution is -1.88. The molecule has 26 heavy (non-hydrogen) atoms. The quantitative estimate of drug-likeness (QED) is 0.441. The third-order valence-electron chi connectivity index (χ3n) is 3.49. The molecule has 0 saturated carbocycles. The van der Waals surface area contributed by atoms with Crippen LogP contribution < -0.4 is 4.74 Å². The van der Waals surface area contributed by atoms with E-state index in [1.165, 1.54) is 5.56 Å². The summed E-state index contributed by atoms with van der Waals surface area (Å²) in [5, 5.41) is 12.5. The van der Waals surface area contributed by atoms with Gasteiger partial charge in [-0.15, -0.1) is 10.2 Å². The van der Waals surface area contributed by atoms with E-state index >= 15 is 0 Å². The first-order chi connectivity index (χ1) is 12.8. The molecular formula is C17H20N4O2S3. The maximum absolute atomic E-state index is 5.27. The molecule has 0 atom stereocenters. The molecule has 0 fully saturated rings. The number of thioether (sulfide) groups is 2. The molecule has 0 bridgehead atoms. The van der Waals surface area contributed by atoms with Crippen LogP contribution in [0.4, 0.5) is 0 Å². The van der Waals surface area contributed by atoms with Gasteiger partial charge >= 0.3 is 0 Å². The molecule has 3 aromatic rings. The van der Waals surface area contributed by atoms with Crippen molar-refractivity contribution in [3.63, 3.8) is 0 Å². The molecule has 0 unspecified atom stereocenters. The van der Waals surface area contributed by atoms with E-state index < -0.39 is 0 Å². The van der Waals surface area contributed by atoms with Gasteiger partial charge in [0.1, 0.15) is 5.75 Å². The predicted octanol–water partition coefficient (Wildman–Crippen LogP) is 4.86. The van der Waals surface area contributed by atoms with Crippen molar-refractivity contribution in [3.8, 4) is 5.75 Å². The Kier molecular flexibility index (Phi) is 7.33. The first kappa shape index (κ1) is 19.2. The van der Waals surface area contributed by atoms with Crippen molar-refractivity contribution >= 4 is 34.9 Å². The Morgan fingerprint density at radius 2 is 1.81 bits per heavy atom. The molecule has 2 aromatic heterocycles. The average molecular weight is 409 g/mol. The molecule has 138 valence electrons. The zero-order valence-electron chi connectivity index (χ0n) is 14.7. The predicted molar refractivity (Wildman–Crippen MR) is 105 cm³/mol.